The van der Waals surface area contributed by atoms with Crippen LogP contribution < -0.4 is 11.1 Å². The molecule has 0 aliphatic carbocycles. The molecule has 5 nitrogen and oxygen atoms in total. The van der Waals surface area contributed by atoms with Crippen molar-refractivity contribution in [3.05, 3.63) is 0 Å². The van der Waals surface area contributed by atoms with Gasteiger partial charge in [-0.1, -0.05) is 0 Å². The van der Waals surface area contributed by atoms with E-state index in [0.29, 0.717) is 6.54 Å². The van der Waals surface area contributed by atoms with Crippen LogP contribution in [0.15, 0.2) is 0 Å². The number of nitrogens with one attached hydrogen (secondary N) is 1. The summed E-state index contributed by atoms with van der Waals surface area (Å²) in [7, 11) is 0. The molecule has 0 aromatic rings. The van der Waals surface area contributed by atoms with E-state index in [1.807, 2.05) is 20.8 Å². The number of carbonyl (C=O) groups is 1. The van der Waals surface area contributed by atoms with Crippen molar-refractivity contribution in [1.29, 1.82) is 0 Å². The van der Waals surface area contributed by atoms with Gasteiger partial charge in [0.05, 0.1) is 6.04 Å². The molecule has 1 saturated heterocycles. The lowest BCUT2D eigenvalue weighted by molar-refractivity contribution is -0.126. The number of nitrogens with two attached hydrogens (primary N) is 1. The van der Waals surface area contributed by atoms with E-state index >= 15 is 0 Å². The molecule has 0 saturated carbocycles. The predicted octanol–water partition coefficient (Wildman–Crippen LogP) is -0.134. The second-order valence-electron chi connectivity index (χ2n) is 5.36. The second-order valence-corrected chi connectivity index (χ2v) is 5.36. The van der Waals surface area contributed by atoms with Gasteiger partial charge in [0.1, 0.15) is 0 Å². The fraction of sp³-hybridized carbons (Fsp3) is 0.923. The molecule has 0 aromatic carbocycles. The van der Waals surface area contributed by atoms with Crippen LogP contribution in [0.5, 0.6) is 0 Å². The summed E-state index contributed by atoms with van der Waals surface area (Å²) in [5, 5.41) is 2.98. The second kappa shape index (κ2) is 7.71. The van der Waals surface area contributed by atoms with Gasteiger partial charge < -0.3 is 16.0 Å². The summed E-state index contributed by atoms with van der Waals surface area (Å²) in [6.07, 6.45) is 1.11. The number of nitrogens with zero attached hydrogens (tertiary/aromatic N) is 2. The summed E-state index contributed by atoms with van der Waals surface area (Å²) in [6, 6.07) is 0.172. The summed E-state index contributed by atoms with van der Waals surface area (Å²) in [6.45, 7) is 11.7. The van der Waals surface area contributed by atoms with Crippen LogP contribution >= 0.6 is 0 Å². The fourth-order valence-corrected chi connectivity index (χ4v) is 2.36. The first-order chi connectivity index (χ1) is 8.54. The first kappa shape index (κ1) is 15.4. The predicted molar refractivity (Wildman–Crippen MR) is 74.4 cm³/mol. The van der Waals surface area contributed by atoms with E-state index < -0.39 is 0 Å². The number of rotatable bonds is 5. The summed E-state index contributed by atoms with van der Waals surface area (Å²) >= 11 is 0. The van der Waals surface area contributed by atoms with E-state index in [4.69, 9.17) is 5.73 Å². The maximum atomic E-state index is 12.0. The van der Waals surface area contributed by atoms with Crippen molar-refractivity contribution >= 4 is 5.91 Å². The van der Waals surface area contributed by atoms with Crippen LogP contribution in [-0.2, 0) is 4.79 Å². The molecule has 1 rings (SSSR count). The van der Waals surface area contributed by atoms with Gasteiger partial charge in [-0.15, -0.1) is 0 Å². The Morgan fingerprint density at radius 2 is 1.94 bits per heavy atom. The van der Waals surface area contributed by atoms with Crippen LogP contribution in [-0.4, -0.2) is 67.1 Å². The Hall–Kier alpha value is -0.650. The van der Waals surface area contributed by atoms with Gasteiger partial charge in [0, 0.05) is 38.8 Å². The van der Waals surface area contributed by atoms with Gasteiger partial charge in [-0.05, 0) is 33.7 Å². The van der Waals surface area contributed by atoms with Gasteiger partial charge in [-0.3, -0.25) is 9.69 Å². The van der Waals surface area contributed by atoms with Crippen molar-refractivity contribution < 1.29 is 4.79 Å². The standard InChI is InChI=1S/C13H28N4O/c1-11(2)15-13(18)12(3)17-7-4-6-16(8-5-14)9-10-17/h11-12H,4-10,14H2,1-3H3,(H,15,18). The molecule has 1 heterocycles. The summed E-state index contributed by atoms with van der Waals surface area (Å²) in [5.74, 6) is 0.136. The van der Waals surface area contributed by atoms with Gasteiger partial charge in [0.2, 0.25) is 5.91 Å². The summed E-state index contributed by atoms with van der Waals surface area (Å²) in [4.78, 5) is 16.6. The Labute approximate surface area is 111 Å². The molecule has 5 heteroatoms. The average Bonchev–Trinajstić information content (AvgIpc) is 2.53. The quantitative estimate of drug-likeness (QED) is 0.719. The SMILES string of the molecule is CC(C)NC(=O)C(C)N1CCCN(CCN)CC1. The first-order valence-electron chi connectivity index (χ1n) is 7.01. The Morgan fingerprint density at radius 3 is 2.56 bits per heavy atom. The van der Waals surface area contributed by atoms with Crippen molar-refractivity contribution in [3.63, 3.8) is 0 Å². The van der Waals surface area contributed by atoms with Gasteiger partial charge in [-0.25, -0.2) is 0 Å². The van der Waals surface area contributed by atoms with Crippen molar-refractivity contribution in [3.8, 4) is 0 Å². The lowest BCUT2D eigenvalue weighted by atomic mass is 10.2. The van der Waals surface area contributed by atoms with Crippen molar-refractivity contribution in [2.24, 2.45) is 5.73 Å². The molecule has 1 fully saturated rings. The Balaban J connectivity index is 2.44. The molecule has 1 aliphatic heterocycles. The lowest BCUT2D eigenvalue weighted by Crippen LogP contribution is -2.48. The zero-order valence-corrected chi connectivity index (χ0v) is 12.0. The van der Waals surface area contributed by atoms with E-state index in [9.17, 15) is 4.79 Å². The first-order valence-corrected chi connectivity index (χ1v) is 7.01. The van der Waals surface area contributed by atoms with Crippen molar-refractivity contribution in [2.45, 2.75) is 39.3 Å². The fourth-order valence-electron chi connectivity index (χ4n) is 2.36. The minimum atomic E-state index is -0.0368. The van der Waals surface area contributed by atoms with Crippen molar-refractivity contribution in [1.82, 2.24) is 15.1 Å². The van der Waals surface area contributed by atoms with Crippen LogP contribution in [0.1, 0.15) is 27.2 Å². The van der Waals surface area contributed by atoms with Gasteiger partial charge >= 0.3 is 0 Å². The molecular weight excluding hydrogens is 228 g/mol. The van der Waals surface area contributed by atoms with E-state index in [2.05, 4.69) is 15.1 Å². The number of hydrogen-bond donors (Lipinski definition) is 2. The number of hydrogen-bond acceptors (Lipinski definition) is 4. The lowest BCUT2D eigenvalue weighted by Gasteiger charge is -2.27. The molecule has 106 valence electrons. The number of amides is 1. The third kappa shape index (κ3) is 4.92. The third-order valence-corrected chi connectivity index (χ3v) is 3.43. The van der Waals surface area contributed by atoms with E-state index in [0.717, 1.165) is 39.1 Å². The highest BCUT2D eigenvalue weighted by Crippen LogP contribution is 2.07. The van der Waals surface area contributed by atoms with Gasteiger partial charge in [0.25, 0.3) is 0 Å². The molecule has 3 N–H and O–H groups in total. The van der Waals surface area contributed by atoms with Crippen LogP contribution in [0.2, 0.25) is 0 Å². The highest BCUT2D eigenvalue weighted by Gasteiger charge is 2.23. The third-order valence-electron chi connectivity index (χ3n) is 3.43. The Morgan fingerprint density at radius 1 is 1.22 bits per heavy atom. The summed E-state index contributed by atoms with van der Waals surface area (Å²) < 4.78 is 0. The van der Waals surface area contributed by atoms with Gasteiger partial charge in [0.15, 0.2) is 0 Å². The maximum absolute atomic E-state index is 12.0. The molecule has 18 heavy (non-hydrogen) atoms. The monoisotopic (exact) mass is 256 g/mol. The highest BCUT2D eigenvalue weighted by molar-refractivity contribution is 5.81. The topological polar surface area (TPSA) is 61.6 Å². The van der Waals surface area contributed by atoms with Gasteiger partial charge in [-0.2, -0.15) is 0 Å². The highest BCUT2D eigenvalue weighted by atomic mass is 16.2. The molecule has 0 aromatic heterocycles. The van der Waals surface area contributed by atoms with E-state index in [1.165, 1.54) is 0 Å². The molecule has 0 spiro atoms. The largest absolute Gasteiger partial charge is 0.353 e. The molecule has 1 atom stereocenters. The molecule has 1 aliphatic rings. The smallest absolute Gasteiger partial charge is 0.237 e. The zero-order valence-electron chi connectivity index (χ0n) is 12.0. The number of carbonyl (C=O) groups excluding carboxylic acids is 1. The summed E-state index contributed by atoms with van der Waals surface area (Å²) in [5.41, 5.74) is 5.59. The molecular formula is C13H28N4O. The van der Waals surface area contributed by atoms with Crippen molar-refractivity contribution in [2.75, 3.05) is 39.3 Å². The van der Waals surface area contributed by atoms with Crippen LogP contribution in [0, 0.1) is 0 Å². The van der Waals surface area contributed by atoms with Crippen LogP contribution in [0.4, 0.5) is 0 Å². The van der Waals surface area contributed by atoms with E-state index in [-0.39, 0.29) is 18.0 Å². The van der Waals surface area contributed by atoms with E-state index in [1.54, 1.807) is 0 Å². The minimum absolute atomic E-state index is 0.0368. The minimum Gasteiger partial charge on any atom is -0.353 e. The molecule has 0 radical (unpaired) electrons. The maximum Gasteiger partial charge on any atom is 0.237 e. The zero-order chi connectivity index (χ0) is 13.5. The van der Waals surface area contributed by atoms with Crippen LogP contribution in [0.25, 0.3) is 0 Å². The molecule has 0 bridgehead atoms. The van der Waals surface area contributed by atoms with Crippen LogP contribution in [0.3, 0.4) is 0 Å². The average molecular weight is 256 g/mol. The Kier molecular flexibility index (Phi) is 6.60. The molecule has 1 amide bonds. The normalized spacial score (nSPS) is 20.7. The molecule has 1 unspecified atom stereocenters. The Bertz CT molecular complexity index is 257.